The molecular formula is C7H11ClO2. The highest BCUT2D eigenvalue weighted by molar-refractivity contribution is 6.17. The van der Waals surface area contributed by atoms with Crippen molar-refractivity contribution in [2.24, 2.45) is 0 Å². The van der Waals surface area contributed by atoms with Gasteiger partial charge in [0.1, 0.15) is 6.61 Å². The topological polar surface area (TPSA) is 26.3 Å². The Morgan fingerprint density at radius 1 is 1.70 bits per heavy atom. The van der Waals surface area contributed by atoms with Crippen LogP contribution in [-0.2, 0) is 9.53 Å². The molecule has 0 amide bonds. The molecule has 0 saturated carbocycles. The normalized spacial score (nSPS) is 8.90. The SMILES string of the molecule is C=CCOC(=O)CCCCl. The zero-order valence-electron chi connectivity index (χ0n) is 5.81. The molecule has 0 fully saturated rings. The number of rotatable bonds is 5. The third kappa shape index (κ3) is 5.63. The summed E-state index contributed by atoms with van der Waals surface area (Å²) in [5.41, 5.74) is 0. The first kappa shape index (κ1) is 9.50. The van der Waals surface area contributed by atoms with Crippen molar-refractivity contribution in [3.05, 3.63) is 12.7 Å². The maximum Gasteiger partial charge on any atom is 0.306 e. The van der Waals surface area contributed by atoms with Crippen LogP contribution in [0.2, 0.25) is 0 Å². The molecule has 3 heteroatoms. The first-order valence-electron chi connectivity index (χ1n) is 3.13. The minimum Gasteiger partial charge on any atom is -0.461 e. The van der Waals surface area contributed by atoms with Crippen molar-refractivity contribution < 1.29 is 9.53 Å². The lowest BCUT2D eigenvalue weighted by molar-refractivity contribution is -0.142. The van der Waals surface area contributed by atoms with Gasteiger partial charge in [-0.1, -0.05) is 12.7 Å². The molecule has 2 nitrogen and oxygen atoms in total. The van der Waals surface area contributed by atoms with E-state index in [9.17, 15) is 4.79 Å². The molecule has 0 aromatic carbocycles. The number of esters is 1. The molecule has 0 saturated heterocycles. The highest BCUT2D eigenvalue weighted by Crippen LogP contribution is 1.94. The van der Waals surface area contributed by atoms with Crippen molar-refractivity contribution in [2.75, 3.05) is 12.5 Å². The van der Waals surface area contributed by atoms with Crippen LogP contribution in [0.15, 0.2) is 12.7 Å². The van der Waals surface area contributed by atoms with Gasteiger partial charge in [-0.25, -0.2) is 0 Å². The molecule has 0 heterocycles. The Bertz CT molecular complexity index is 112. The van der Waals surface area contributed by atoms with E-state index in [2.05, 4.69) is 11.3 Å². The molecule has 0 aromatic rings. The second kappa shape index (κ2) is 6.62. The van der Waals surface area contributed by atoms with Crippen molar-refractivity contribution >= 4 is 17.6 Å². The van der Waals surface area contributed by atoms with E-state index >= 15 is 0 Å². The lowest BCUT2D eigenvalue weighted by atomic mass is 10.3. The van der Waals surface area contributed by atoms with Crippen LogP contribution >= 0.6 is 11.6 Å². The summed E-state index contributed by atoms with van der Waals surface area (Å²) in [6.07, 6.45) is 2.62. The largest absolute Gasteiger partial charge is 0.461 e. The second-order valence-corrected chi connectivity index (χ2v) is 2.14. The molecular weight excluding hydrogens is 152 g/mol. The summed E-state index contributed by atoms with van der Waals surface area (Å²) < 4.78 is 4.68. The van der Waals surface area contributed by atoms with Gasteiger partial charge in [-0.2, -0.15) is 0 Å². The predicted octanol–water partition coefficient (Wildman–Crippen LogP) is 1.73. The second-order valence-electron chi connectivity index (χ2n) is 1.76. The van der Waals surface area contributed by atoms with Gasteiger partial charge in [0.15, 0.2) is 0 Å². The highest BCUT2D eigenvalue weighted by Gasteiger charge is 1.98. The molecule has 0 spiro atoms. The van der Waals surface area contributed by atoms with E-state index < -0.39 is 0 Å². The molecule has 0 aliphatic carbocycles. The van der Waals surface area contributed by atoms with Crippen molar-refractivity contribution in [3.63, 3.8) is 0 Å². The number of hydrogen-bond donors (Lipinski definition) is 0. The van der Waals surface area contributed by atoms with Gasteiger partial charge in [0, 0.05) is 12.3 Å². The Morgan fingerprint density at radius 3 is 2.90 bits per heavy atom. The molecule has 0 unspecified atom stereocenters. The number of ether oxygens (including phenoxy) is 1. The number of carbonyl (C=O) groups excluding carboxylic acids is 1. The van der Waals surface area contributed by atoms with Gasteiger partial charge in [-0.15, -0.1) is 11.6 Å². The van der Waals surface area contributed by atoms with E-state index in [1.165, 1.54) is 0 Å². The Labute approximate surface area is 65.8 Å². The summed E-state index contributed by atoms with van der Waals surface area (Å²) >= 11 is 5.35. The van der Waals surface area contributed by atoms with Crippen molar-refractivity contribution in [3.8, 4) is 0 Å². The van der Waals surface area contributed by atoms with Crippen LogP contribution in [0, 0.1) is 0 Å². The zero-order valence-corrected chi connectivity index (χ0v) is 6.56. The Kier molecular flexibility index (Phi) is 6.29. The van der Waals surface area contributed by atoms with Gasteiger partial charge in [0.05, 0.1) is 0 Å². The third-order valence-electron chi connectivity index (χ3n) is 0.877. The smallest absolute Gasteiger partial charge is 0.306 e. The lowest BCUT2D eigenvalue weighted by Gasteiger charge is -1.98. The van der Waals surface area contributed by atoms with Gasteiger partial charge in [-0.3, -0.25) is 4.79 Å². The Morgan fingerprint density at radius 2 is 2.40 bits per heavy atom. The molecule has 0 bridgehead atoms. The summed E-state index contributed by atoms with van der Waals surface area (Å²) in [4.78, 5) is 10.6. The van der Waals surface area contributed by atoms with Crippen LogP contribution in [-0.4, -0.2) is 18.5 Å². The maximum atomic E-state index is 10.6. The highest BCUT2D eigenvalue weighted by atomic mass is 35.5. The molecule has 0 aliphatic heterocycles. The zero-order chi connectivity index (χ0) is 7.82. The number of hydrogen-bond acceptors (Lipinski definition) is 2. The summed E-state index contributed by atoms with van der Waals surface area (Å²) in [5, 5.41) is 0. The summed E-state index contributed by atoms with van der Waals surface area (Å²) in [6.45, 7) is 3.70. The molecule has 0 rings (SSSR count). The lowest BCUT2D eigenvalue weighted by Crippen LogP contribution is -2.03. The molecule has 0 aliphatic rings. The summed E-state index contributed by atoms with van der Waals surface area (Å²) in [6, 6.07) is 0. The van der Waals surface area contributed by atoms with Crippen molar-refractivity contribution in [1.29, 1.82) is 0 Å². The van der Waals surface area contributed by atoms with Crippen LogP contribution in [0.25, 0.3) is 0 Å². The average Bonchev–Trinajstić information content (AvgIpc) is 1.97. The van der Waals surface area contributed by atoms with Crippen molar-refractivity contribution in [1.82, 2.24) is 0 Å². The number of alkyl halides is 1. The molecule has 0 radical (unpaired) electrons. The maximum absolute atomic E-state index is 10.6. The Balaban J connectivity index is 3.16. The van der Waals surface area contributed by atoms with E-state index in [0.717, 1.165) is 0 Å². The van der Waals surface area contributed by atoms with Gasteiger partial charge in [0.2, 0.25) is 0 Å². The van der Waals surface area contributed by atoms with E-state index in [4.69, 9.17) is 11.6 Å². The van der Waals surface area contributed by atoms with E-state index in [0.29, 0.717) is 25.3 Å². The number of carbonyl (C=O) groups is 1. The third-order valence-corrected chi connectivity index (χ3v) is 1.14. The summed E-state index contributed by atoms with van der Waals surface area (Å²) in [7, 11) is 0. The number of halogens is 1. The first-order valence-corrected chi connectivity index (χ1v) is 3.67. The van der Waals surface area contributed by atoms with E-state index in [1.54, 1.807) is 6.08 Å². The van der Waals surface area contributed by atoms with E-state index in [1.807, 2.05) is 0 Å². The van der Waals surface area contributed by atoms with Crippen LogP contribution in [0.1, 0.15) is 12.8 Å². The van der Waals surface area contributed by atoms with Crippen LogP contribution < -0.4 is 0 Å². The van der Waals surface area contributed by atoms with Gasteiger partial charge < -0.3 is 4.74 Å². The minimum absolute atomic E-state index is 0.208. The monoisotopic (exact) mass is 162 g/mol. The fraction of sp³-hybridized carbons (Fsp3) is 0.571. The van der Waals surface area contributed by atoms with Gasteiger partial charge in [0.25, 0.3) is 0 Å². The van der Waals surface area contributed by atoms with Crippen LogP contribution in [0.5, 0.6) is 0 Å². The molecule has 58 valence electrons. The van der Waals surface area contributed by atoms with Gasteiger partial charge in [-0.05, 0) is 6.42 Å². The minimum atomic E-state index is -0.208. The van der Waals surface area contributed by atoms with Gasteiger partial charge >= 0.3 is 5.97 Å². The van der Waals surface area contributed by atoms with Crippen LogP contribution in [0.3, 0.4) is 0 Å². The van der Waals surface area contributed by atoms with Crippen molar-refractivity contribution in [2.45, 2.75) is 12.8 Å². The molecule has 0 atom stereocenters. The predicted molar refractivity (Wildman–Crippen MR) is 41.1 cm³/mol. The van der Waals surface area contributed by atoms with Crippen LogP contribution in [0.4, 0.5) is 0 Å². The van der Waals surface area contributed by atoms with E-state index in [-0.39, 0.29) is 5.97 Å². The average molecular weight is 163 g/mol. The molecule has 10 heavy (non-hydrogen) atoms. The molecule has 0 aromatic heterocycles. The Hall–Kier alpha value is -0.500. The quantitative estimate of drug-likeness (QED) is 0.350. The fourth-order valence-corrected chi connectivity index (χ4v) is 0.569. The summed E-state index contributed by atoms with van der Waals surface area (Å²) in [5.74, 6) is 0.295. The fourth-order valence-electron chi connectivity index (χ4n) is 0.435. The molecule has 0 N–H and O–H groups in total. The first-order chi connectivity index (χ1) is 4.81. The standard InChI is InChI=1S/C7H11ClO2/c1-2-6-10-7(9)4-3-5-8/h2H,1,3-6H2.